The van der Waals surface area contributed by atoms with E-state index in [1.807, 2.05) is 24.3 Å². The number of allylic oxidation sites excluding steroid dienone is 1. The first kappa shape index (κ1) is 18.7. The van der Waals surface area contributed by atoms with Gasteiger partial charge in [0.25, 0.3) is 11.6 Å². The molecule has 4 rings (SSSR count). The van der Waals surface area contributed by atoms with Gasteiger partial charge in [-0.15, -0.1) is 0 Å². The van der Waals surface area contributed by atoms with Crippen LogP contribution < -0.4 is 19.9 Å². The highest BCUT2D eigenvalue weighted by atomic mass is 19.1. The smallest absolute Gasteiger partial charge is 0.297 e. The van der Waals surface area contributed by atoms with Crippen molar-refractivity contribution in [1.82, 2.24) is 15.0 Å². The van der Waals surface area contributed by atoms with Crippen LogP contribution in [-0.2, 0) is 0 Å². The van der Waals surface area contributed by atoms with Crippen LogP contribution >= 0.6 is 0 Å². The second kappa shape index (κ2) is 7.75. The largest absolute Gasteiger partial charge is 0.497 e. The van der Waals surface area contributed by atoms with Crippen LogP contribution in [0.4, 0.5) is 10.1 Å². The van der Waals surface area contributed by atoms with E-state index in [1.54, 1.807) is 31.2 Å². The predicted octanol–water partition coefficient (Wildman–Crippen LogP) is 3.35. The Kier molecular flexibility index (Phi) is 4.99. The molecule has 0 spiro atoms. The minimum absolute atomic E-state index is 0.0323. The fourth-order valence-corrected chi connectivity index (χ4v) is 3.13. The lowest BCUT2D eigenvalue weighted by molar-refractivity contribution is 0.227. The molecule has 1 unspecified atom stereocenters. The summed E-state index contributed by atoms with van der Waals surface area (Å²) in [6, 6.07) is 8.96. The molecule has 0 saturated carbocycles. The van der Waals surface area contributed by atoms with Gasteiger partial charge in [0.05, 0.1) is 29.9 Å². The van der Waals surface area contributed by atoms with Crippen LogP contribution in [0, 0.1) is 0 Å². The van der Waals surface area contributed by atoms with Crippen LogP contribution in [0.2, 0.25) is 0 Å². The Morgan fingerprint density at radius 1 is 1.24 bits per heavy atom. The monoisotopic (exact) mass is 394 g/mol. The molecule has 148 valence electrons. The number of halogens is 1. The van der Waals surface area contributed by atoms with E-state index in [2.05, 4.69) is 15.0 Å². The molecule has 1 atom stereocenters. The number of anilines is 1. The Bertz CT molecular complexity index is 1150. The van der Waals surface area contributed by atoms with Gasteiger partial charge in [0.1, 0.15) is 17.7 Å². The molecule has 0 saturated heterocycles. The fourth-order valence-electron chi connectivity index (χ4n) is 3.13. The quantitative estimate of drug-likeness (QED) is 0.715. The average molecular weight is 394 g/mol. The number of benzene rings is 1. The third-order valence-electron chi connectivity index (χ3n) is 4.69. The van der Waals surface area contributed by atoms with Crippen molar-refractivity contribution in [2.75, 3.05) is 19.1 Å². The van der Waals surface area contributed by atoms with Crippen molar-refractivity contribution in [2.45, 2.75) is 12.5 Å². The standard InChI is InChI=1S/C21H19FN4O3/c1-26(13-3-5-14(28-2)6-4-13)19-8-7-15(11-17(19)22)29-21-24-18-12-23-10-9-16(18)20(27)25-21/h3-6,8-12,15H,7H2,1-2H3,(H,24,25,27). The molecule has 3 aromatic rings. The van der Waals surface area contributed by atoms with Gasteiger partial charge in [0.2, 0.25) is 0 Å². The van der Waals surface area contributed by atoms with Crippen LogP contribution in [-0.4, -0.2) is 35.2 Å². The maximum atomic E-state index is 14.8. The molecule has 0 amide bonds. The first-order valence-electron chi connectivity index (χ1n) is 9.01. The molecule has 1 aliphatic rings. The summed E-state index contributed by atoms with van der Waals surface area (Å²) in [5.41, 5.74) is 1.36. The second-order valence-corrected chi connectivity index (χ2v) is 6.52. The topological polar surface area (TPSA) is 80.3 Å². The van der Waals surface area contributed by atoms with Gasteiger partial charge in [-0.3, -0.25) is 14.8 Å². The molecule has 29 heavy (non-hydrogen) atoms. The van der Waals surface area contributed by atoms with Crippen LogP contribution in [0.1, 0.15) is 6.42 Å². The molecule has 0 radical (unpaired) electrons. The highest BCUT2D eigenvalue weighted by Gasteiger charge is 2.21. The third kappa shape index (κ3) is 3.82. The first-order chi connectivity index (χ1) is 14.0. The Labute approximate surface area is 166 Å². The Morgan fingerprint density at radius 2 is 2.03 bits per heavy atom. The molecule has 7 nitrogen and oxygen atoms in total. The molecule has 1 N–H and O–H groups in total. The van der Waals surface area contributed by atoms with Gasteiger partial charge in [0.15, 0.2) is 0 Å². The SMILES string of the molecule is COc1ccc(N(C)C2=CCC(Oc3nc4cnccc4c(=O)[nH]3)C=C2F)cc1. The molecule has 0 fully saturated rings. The highest BCUT2D eigenvalue weighted by molar-refractivity contribution is 5.76. The summed E-state index contributed by atoms with van der Waals surface area (Å²) >= 11 is 0. The van der Waals surface area contributed by atoms with Gasteiger partial charge in [-0.2, -0.15) is 4.98 Å². The van der Waals surface area contributed by atoms with Gasteiger partial charge in [0, 0.05) is 25.4 Å². The number of likely N-dealkylation sites (N-methyl/N-ethyl adjacent to an activating group) is 1. The minimum Gasteiger partial charge on any atom is -0.497 e. The van der Waals surface area contributed by atoms with Crippen molar-refractivity contribution in [1.29, 1.82) is 0 Å². The minimum atomic E-state index is -0.583. The molecular weight excluding hydrogens is 375 g/mol. The lowest BCUT2D eigenvalue weighted by Gasteiger charge is -2.26. The van der Waals surface area contributed by atoms with Crippen molar-refractivity contribution in [3.05, 3.63) is 76.8 Å². The van der Waals surface area contributed by atoms with E-state index in [4.69, 9.17) is 9.47 Å². The summed E-state index contributed by atoms with van der Waals surface area (Å²) < 4.78 is 25.6. The van der Waals surface area contributed by atoms with E-state index in [0.29, 0.717) is 23.0 Å². The predicted molar refractivity (Wildman–Crippen MR) is 108 cm³/mol. The van der Waals surface area contributed by atoms with E-state index in [0.717, 1.165) is 11.4 Å². The summed E-state index contributed by atoms with van der Waals surface area (Å²) in [4.78, 5) is 24.6. The van der Waals surface area contributed by atoms with Crippen molar-refractivity contribution in [2.24, 2.45) is 0 Å². The van der Waals surface area contributed by atoms with Crippen molar-refractivity contribution in [3.63, 3.8) is 0 Å². The molecule has 2 heterocycles. The lowest BCUT2D eigenvalue weighted by atomic mass is 10.1. The number of rotatable bonds is 5. The number of H-pyrrole nitrogens is 1. The zero-order chi connectivity index (χ0) is 20.4. The number of nitrogens with one attached hydrogen (secondary N) is 1. The number of ether oxygens (including phenoxy) is 2. The normalized spacial score (nSPS) is 16.2. The van der Waals surface area contributed by atoms with Crippen LogP contribution in [0.3, 0.4) is 0 Å². The van der Waals surface area contributed by atoms with Crippen LogP contribution in [0.25, 0.3) is 10.9 Å². The summed E-state index contributed by atoms with van der Waals surface area (Å²) in [6.45, 7) is 0. The molecule has 2 aromatic heterocycles. The Morgan fingerprint density at radius 3 is 2.76 bits per heavy atom. The van der Waals surface area contributed by atoms with Gasteiger partial charge in [-0.25, -0.2) is 4.39 Å². The molecule has 0 aliphatic heterocycles. The summed E-state index contributed by atoms with van der Waals surface area (Å²) in [7, 11) is 3.39. The van der Waals surface area contributed by atoms with Gasteiger partial charge in [-0.1, -0.05) is 6.08 Å². The Hall–Kier alpha value is -3.68. The zero-order valence-corrected chi connectivity index (χ0v) is 15.9. The molecule has 8 heteroatoms. The molecule has 1 aromatic carbocycles. The maximum absolute atomic E-state index is 14.8. The average Bonchev–Trinajstić information content (AvgIpc) is 2.73. The Balaban J connectivity index is 1.50. The van der Waals surface area contributed by atoms with Crippen LogP contribution in [0.5, 0.6) is 11.8 Å². The maximum Gasteiger partial charge on any atom is 0.297 e. The van der Waals surface area contributed by atoms with Gasteiger partial charge < -0.3 is 14.4 Å². The van der Waals surface area contributed by atoms with Crippen molar-refractivity contribution < 1.29 is 13.9 Å². The molecular formula is C21H19FN4O3. The van der Waals surface area contributed by atoms with Crippen LogP contribution in [0.15, 0.2) is 71.2 Å². The molecule has 0 bridgehead atoms. The summed E-state index contributed by atoms with van der Waals surface area (Å²) in [5.74, 6) is 0.320. The number of hydrogen-bond donors (Lipinski definition) is 1. The van der Waals surface area contributed by atoms with Gasteiger partial charge >= 0.3 is 0 Å². The number of fused-ring (bicyclic) bond motifs is 1. The fraction of sp³-hybridized carbons (Fsp3) is 0.190. The van der Waals surface area contributed by atoms with E-state index in [1.165, 1.54) is 18.5 Å². The number of nitrogens with zero attached hydrogens (tertiary/aromatic N) is 3. The van der Waals surface area contributed by atoms with Crippen molar-refractivity contribution in [3.8, 4) is 11.8 Å². The van der Waals surface area contributed by atoms with E-state index < -0.39 is 11.9 Å². The summed E-state index contributed by atoms with van der Waals surface area (Å²) in [5, 5.41) is 0.418. The lowest BCUT2D eigenvalue weighted by Crippen LogP contribution is -2.24. The number of hydrogen-bond acceptors (Lipinski definition) is 6. The number of aromatic amines is 1. The highest BCUT2D eigenvalue weighted by Crippen LogP contribution is 2.29. The first-order valence-corrected chi connectivity index (χ1v) is 9.01. The number of methoxy groups -OCH3 is 1. The number of pyridine rings is 1. The summed E-state index contributed by atoms with van der Waals surface area (Å²) in [6.07, 6.45) is 5.98. The second-order valence-electron chi connectivity index (χ2n) is 6.52. The zero-order valence-electron chi connectivity index (χ0n) is 15.9. The van der Waals surface area contributed by atoms with Gasteiger partial charge in [-0.05, 0) is 36.4 Å². The number of aromatic nitrogens is 3. The third-order valence-corrected chi connectivity index (χ3v) is 4.69. The van der Waals surface area contributed by atoms with Crippen molar-refractivity contribution >= 4 is 16.6 Å². The van der Waals surface area contributed by atoms with E-state index in [9.17, 15) is 9.18 Å². The van der Waals surface area contributed by atoms with E-state index >= 15 is 0 Å². The molecule has 1 aliphatic carbocycles. The van der Waals surface area contributed by atoms with E-state index in [-0.39, 0.29) is 11.6 Å².